The summed E-state index contributed by atoms with van der Waals surface area (Å²) >= 11 is 0. The number of aliphatic hydroxyl groups is 2. The highest BCUT2D eigenvalue weighted by Crippen LogP contribution is 2.17. The van der Waals surface area contributed by atoms with Gasteiger partial charge in [-0.2, -0.15) is 0 Å². The van der Waals surface area contributed by atoms with Gasteiger partial charge in [0.05, 0.1) is 10.6 Å². The summed E-state index contributed by atoms with van der Waals surface area (Å²) in [6, 6.07) is 2.43. The van der Waals surface area contributed by atoms with Gasteiger partial charge in [0.25, 0.3) is 5.69 Å². The second kappa shape index (κ2) is 6.03. The van der Waals surface area contributed by atoms with Gasteiger partial charge < -0.3 is 15.5 Å². The number of nitrogens with zero attached hydrogens (tertiary/aromatic N) is 2. The van der Waals surface area contributed by atoms with Gasteiger partial charge in [-0.15, -0.1) is 0 Å². The molecule has 1 amide bonds. The lowest BCUT2D eigenvalue weighted by molar-refractivity contribution is -0.385. The molecule has 0 bridgehead atoms. The molecule has 0 aliphatic rings. The molecule has 0 spiro atoms. The first-order valence-electron chi connectivity index (χ1n) is 5.12. The van der Waals surface area contributed by atoms with Crippen LogP contribution in [-0.4, -0.2) is 38.7 Å². The maximum Gasteiger partial charge on any atom is 0.287 e. The van der Waals surface area contributed by atoms with Crippen molar-refractivity contribution in [2.75, 3.05) is 6.54 Å². The Morgan fingerprint density at radius 3 is 2.67 bits per heavy atom. The Hall–Kier alpha value is -2.06. The lowest BCUT2D eigenvalue weighted by atomic mass is 10.1. The zero-order valence-electron chi connectivity index (χ0n) is 9.61. The number of nitro groups is 1. The first kappa shape index (κ1) is 14.0. The summed E-state index contributed by atoms with van der Waals surface area (Å²) in [5.74, 6) is -0.335. The third-order valence-electron chi connectivity index (χ3n) is 2.21. The Bertz CT molecular complexity index is 434. The summed E-state index contributed by atoms with van der Waals surface area (Å²) in [5.41, 5.74) is -0.110. The van der Waals surface area contributed by atoms with Gasteiger partial charge in [0.1, 0.15) is 18.4 Å². The number of nitrogens with one attached hydrogen (secondary N) is 1. The first-order chi connectivity index (χ1) is 8.41. The van der Waals surface area contributed by atoms with Crippen molar-refractivity contribution in [1.29, 1.82) is 0 Å². The van der Waals surface area contributed by atoms with Gasteiger partial charge in [0.2, 0.25) is 5.91 Å². The summed E-state index contributed by atoms with van der Waals surface area (Å²) in [5, 5.41) is 32.0. The lowest BCUT2D eigenvalue weighted by Gasteiger charge is -2.17. The van der Waals surface area contributed by atoms with Crippen LogP contribution in [-0.2, 0) is 4.79 Å². The van der Waals surface area contributed by atoms with Crippen molar-refractivity contribution in [3.8, 4) is 0 Å². The van der Waals surface area contributed by atoms with Gasteiger partial charge in [-0.05, 0) is 6.07 Å². The topological polar surface area (TPSA) is 126 Å². The van der Waals surface area contributed by atoms with E-state index in [9.17, 15) is 25.1 Å². The van der Waals surface area contributed by atoms with E-state index < -0.39 is 17.1 Å². The Morgan fingerprint density at radius 1 is 1.56 bits per heavy atom. The molecule has 0 fully saturated rings. The largest absolute Gasteiger partial charge is 0.388 e. The Morgan fingerprint density at radius 2 is 2.22 bits per heavy atom. The molecule has 2 atom stereocenters. The van der Waals surface area contributed by atoms with E-state index in [1.807, 2.05) is 0 Å². The number of hydrogen-bond acceptors (Lipinski definition) is 6. The number of carbonyl (C=O) groups is 1. The first-order valence-corrected chi connectivity index (χ1v) is 5.12. The number of rotatable bonds is 5. The monoisotopic (exact) mass is 255 g/mol. The SMILES string of the molecule is CC(=O)NCC(O)C(O)c1ccc([N+](=O)[O-])cn1. The number of amides is 1. The molecule has 18 heavy (non-hydrogen) atoms. The lowest BCUT2D eigenvalue weighted by Crippen LogP contribution is -2.34. The van der Waals surface area contributed by atoms with Gasteiger partial charge >= 0.3 is 0 Å². The van der Waals surface area contributed by atoms with Crippen LogP contribution in [0.5, 0.6) is 0 Å². The van der Waals surface area contributed by atoms with Crippen molar-refractivity contribution in [2.45, 2.75) is 19.1 Å². The zero-order valence-corrected chi connectivity index (χ0v) is 9.61. The fraction of sp³-hybridized carbons (Fsp3) is 0.400. The average Bonchev–Trinajstić information content (AvgIpc) is 2.35. The van der Waals surface area contributed by atoms with Crippen LogP contribution in [0.3, 0.4) is 0 Å². The number of hydrogen-bond donors (Lipinski definition) is 3. The molecule has 1 aromatic rings. The minimum absolute atomic E-state index is 0.0958. The molecule has 0 radical (unpaired) electrons. The standard InChI is InChI=1S/C10H13N3O5/c1-6(14)11-5-9(15)10(16)8-3-2-7(4-12-8)13(17)18/h2-4,9-10,15-16H,5H2,1H3,(H,11,14). The summed E-state index contributed by atoms with van der Waals surface area (Å²) in [6.45, 7) is 1.15. The summed E-state index contributed by atoms with van der Waals surface area (Å²) < 4.78 is 0. The second-order valence-electron chi connectivity index (χ2n) is 3.65. The van der Waals surface area contributed by atoms with Crippen LogP contribution in [0.2, 0.25) is 0 Å². The van der Waals surface area contributed by atoms with E-state index in [2.05, 4.69) is 10.3 Å². The van der Waals surface area contributed by atoms with Crippen molar-refractivity contribution >= 4 is 11.6 Å². The van der Waals surface area contributed by atoms with Crippen molar-refractivity contribution in [1.82, 2.24) is 10.3 Å². The molecule has 1 rings (SSSR count). The van der Waals surface area contributed by atoms with E-state index in [0.717, 1.165) is 6.20 Å². The van der Waals surface area contributed by atoms with Crippen molar-refractivity contribution in [2.24, 2.45) is 0 Å². The quantitative estimate of drug-likeness (QED) is 0.482. The van der Waals surface area contributed by atoms with Crippen LogP contribution in [0, 0.1) is 10.1 Å². The Labute approximate surface area is 102 Å². The molecule has 1 heterocycles. The molecule has 0 aliphatic carbocycles. The predicted molar refractivity (Wildman–Crippen MR) is 60.5 cm³/mol. The highest BCUT2D eigenvalue weighted by atomic mass is 16.6. The molecule has 0 saturated heterocycles. The Kier molecular flexibility index (Phi) is 4.69. The van der Waals surface area contributed by atoms with E-state index >= 15 is 0 Å². The third-order valence-corrected chi connectivity index (χ3v) is 2.21. The average molecular weight is 255 g/mol. The predicted octanol–water partition coefficient (Wildman–Crippen LogP) is -0.480. The number of pyridine rings is 1. The molecule has 0 saturated carbocycles. The maximum absolute atomic E-state index is 10.6. The highest BCUT2D eigenvalue weighted by molar-refractivity contribution is 5.72. The van der Waals surface area contributed by atoms with Gasteiger partial charge in [-0.1, -0.05) is 0 Å². The van der Waals surface area contributed by atoms with Crippen LogP contribution in [0.15, 0.2) is 18.3 Å². The summed E-state index contributed by atoms with van der Waals surface area (Å²) in [6.07, 6.45) is -1.57. The molecule has 8 nitrogen and oxygen atoms in total. The normalized spacial score (nSPS) is 13.7. The maximum atomic E-state index is 10.6. The van der Waals surface area contributed by atoms with E-state index in [1.54, 1.807) is 0 Å². The van der Waals surface area contributed by atoms with Gasteiger partial charge in [0.15, 0.2) is 0 Å². The van der Waals surface area contributed by atoms with E-state index in [-0.39, 0.29) is 23.8 Å². The van der Waals surface area contributed by atoms with Gasteiger partial charge in [-0.3, -0.25) is 19.9 Å². The number of aliphatic hydroxyl groups excluding tert-OH is 2. The minimum atomic E-state index is -1.32. The smallest absolute Gasteiger partial charge is 0.287 e. The van der Waals surface area contributed by atoms with Crippen molar-refractivity contribution < 1.29 is 19.9 Å². The third kappa shape index (κ3) is 3.75. The number of carbonyl (C=O) groups excluding carboxylic acids is 1. The summed E-state index contributed by atoms with van der Waals surface area (Å²) in [7, 11) is 0. The molecule has 0 aliphatic heterocycles. The van der Waals surface area contributed by atoms with E-state index in [0.29, 0.717) is 0 Å². The molecular weight excluding hydrogens is 242 g/mol. The van der Waals surface area contributed by atoms with Crippen LogP contribution >= 0.6 is 0 Å². The van der Waals surface area contributed by atoms with Crippen molar-refractivity contribution in [3.05, 3.63) is 34.1 Å². The highest BCUT2D eigenvalue weighted by Gasteiger charge is 2.20. The molecule has 8 heteroatoms. The fourth-order valence-electron chi connectivity index (χ4n) is 1.24. The summed E-state index contributed by atoms with van der Waals surface area (Å²) in [4.78, 5) is 24.1. The number of aromatic nitrogens is 1. The minimum Gasteiger partial charge on any atom is -0.388 e. The van der Waals surface area contributed by atoms with Crippen LogP contribution in [0.4, 0.5) is 5.69 Å². The zero-order chi connectivity index (χ0) is 13.7. The van der Waals surface area contributed by atoms with Crippen LogP contribution < -0.4 is 5.32 Å². The fourth-order valence-corrected chi connectivity index (χ4v) is 1.24. The molecule has 98 valence electrons. The molecule has 3 N–H and O–H groups in total. The Balaban J connectivity index is 2.68. The van der Waals surface area contributed by atoms with Crippen LogP contribution in [0.1, 0.15) is 18.7 Å². The van der Waals surface area contributed by atoms with Gasteiger partial charge in [0, 0.05) is 19.5 Å². The second-order valence-corrected chi connectivity index (χ2v) is 3.65. The molecular formula is C10H13N3O5. The molecule has 0 aromatic carbocycles. The van der Waals surface area contributed by atoms with E-state index in [1.165, 1.54) is 19.1 Å². The van der Waals surface area contributed by atoms with Crippen LogP contribution in [0.25, 0.3) is 0 Å². The molecule has 2 unspecified atom stereocenters. The van der Waals surface area contributed by atoms with Crippen molar-refractivity contribution in [3.63, 3.8) is 0 Å². The molecule has 1 aromatic heterocycles. The van der Waals surface area contributed by atoms with Gasteiger partial charge in [-0.25, -0.2) is 0 Å². The van der Waals surface area contributed by atoms with E-state index in [4.69, 9.17) is 0 Å².